The molecule has 2 aliphatic rings. The van der Waals surface area contributed by atoms with E-state index in [0.717, 1.165) is 10.9 Å². The van der Waals surface area contributed by atoms with E-state index in [-0.39, 0.29) is 17.7 Å². The van der Waals surface area contributed by atoms with Crippen LogP contribution in [0.3, 0.4) is 0 Å². The molecule has 2 aromatic carbocycles. The van der Waals surface area contributed by atoms with E-state index >= 15 is 0 Å². The molecule has 35 heavy (non-hydrogen) atoms. The third-order valence-electron chi connectivity index (χ3n) is 6.10. The first-order valence-corrected chi connectivity index (χ1v) is 11.5. The van der Waals surface area contributed by atoms with Gasteiger partial charge in [-0.1, -0.05) is 12.1 Å². The molecule has 3 aromatic rings. The highest BCUT2D eigenvalue weighted by atomic mass is 16.5. The molecule has 0 saturated heterocycles. The van der Waals surface area contributed by atoms with Gasteiger partial charge in [0, 0.05) is 47.9 Å². The second kappa shape index (κ2) is 9.27. The zero-order valence-electron chi connectivity index (χ0n) is 19.7. The van der Waals surface area contributed by atoms with Gasteiger partial charge >= 0.3 is 0 Å². The van der Waals surface area contributed by atoms with Crippen molar-refractivity contribution in [2.75, 3.05) is 50.6 Å². The van der Waals surface area contributed by atoms with Crippen LogP contribution >= 0.6 is 0 Å². The summed E-state index contributed by atoms with van der Waals surface area (Å²) < 4.78 is 7.66. The molecule has 0 saturated carbocycles. The number of hydrogen-bond acceptors (Lipinski definition) is 5. The van der Waals surface area contributed by atoms with E-state index in [1.54, 1.807) is 41.3 Å². The van der Waals surface area contributed by atoms with Crippen molar-refractivity contribution in [3.63, 3.8) is 0 Å². The van der Waals surface area contributed by atoms with Crippen molar-refractivity contribution in [3.8, 4) is 5.75 Å². The normalized spacial score (nSPS) is 15.1. The molecule has 3 amide bonds. The van der Waals surface area contributed by atoms with Gasteiger partial charge in [0.1, 0.15) is 18.1 Å². The second-order valence-corrected chi connectivity index (χ2v) is 8.85. The number of nitrogens with one attached hydrogen (secondary N) is 2. The Balaban J connectivity index is 1.37. The van der Waals surface area contributed by atoms with E-state index in [4.69, 9.17) is 4.74 Å². The smallest absolute Gasteiger partial charge is 0.268 e. The Morgan fingerprint density at radius 3 is 2.83 bits per heavy atom. The van der Waals surface area contributed by atoms with Crippen LogP contribution in [0.1, 0.15) is 20.8 Å². The molecule has 0 fully saturated rings. The van der Waals surface area contributed by atoms with Crippen molar-refractivity contribution in [3.05, 3.63) is 65.9 Å². The van der Waals surface area contributed by atoms with Gasteiger partial charge in [0.2, 0.25) is 0 Å². The molecule has 2 aliphatic heterocycles. The fourth-order valence-corrected chi connectivity index (χ4v) is 4.38. The number of nitrogens with zero attached hydrogens (tertiary/aromatic N) is 3. The van der Waals surface area contributed by atoms with Gasteiger partial charge in [-0.2, -0.15) is 0 Å². The molecule has 0 aliphatic carbocycles. The lowest BCUT2D eigenvalue weighted by Gasteiger charge is -2.29. The summed E-state index contributed by atoms with van der Waals surface area (Å²) in [6, 6.07) is 12.5. The number of rotatable bonds is 5. The summed E-state index contributed by atoms with van der Waals surface area (Å²) in [4.78, 5) is 41.6. The van der Waals surface area contributed by atoms with Crippen molar-refractivity contribution < 1.29 is 19.1 Å². The van der Waals surface area contributed by atoms with Gasteiger partial charge in [0.15, 0.2) is 0 Å². The van der Waals surface area contributed by atoms with Crippen LogP contribution in [0.4, 0.5) is 11.4 Å². The number of benzene rings is 2. The van der Waals surface area contributed by atoms with E-state index < -0.39 is 0 Å². The predicted octanol–water partition coefficient (Wildman–Crippen LogP) is 2.48. The van der Waals surface area contributed by atoms with Crippen molar-refractivity contribution in [2.45, 2.75) is 6.54 Å². The van der Waals surface area contributed by atoms with Crippen LogP contribution in [0.2, 0.25) is 0 Å². The van der Waals surface area contributed by atoms with E-state index in [1.165, 1.54) is 0 Å². The SMILES string of the molecule is CN(C)C/C=C/C(=O)N1CCOc2ccc(NC(=O)c3ccc4cc5n(c4c3)CCNC5=O)cc21. The summed E-state index contributed by atoms with van der Waals surface area (Å²) in [6.07, 6.45) is 3.39. The molecule has 1 aromatic heterocycles. The molecule has 180 valence electrons. The number of anilines is 2. The lowest BCUT2D eigenvalue weighted by molar-refractivity contribution is -0.114. The van der Waals surface area contributed by atoms with Gasteiger partial charge < -0.3 is 29.7 Å². The minimum atomic E-state index is -0.275. The number of carbonyl (C=O) groups excluding carboxylic acids is 3. The quantitative estimate of drug-likeness (QED) is 0.555. The van der Waals surface area contributed by atoms with Gasteiger partial charge in [0.05, 0.1) is 12.2 Å². The van der Waals surface area contributed by atoms with Gasteiger partial charge in [-0.25, -0.2) is 0 Å². The molecule has 5 rings (SSSR count). The van der Waals surface area contributed by atoms with Crippen LogP contribution in [0, 0.1) is 0 Å². The fourth-order valence-electron chi connectivity index (χ4n) is 4.38. The Labute approximate surface area is 202 Å². The highest BCUT2D eigenvalue weighted by Gasteiger charge is 2.24. The summed E-state index contributed by atoms with van der Waals surface area (Å²) >= 11 is 0. The van der Waals surface area contributed by atoms with Crippen LogP contribution in [-0.4, -0.2) is 67.5 Å². The largest absolute Gasteiger partial charge is 0.490 e. The Bertz CT molecular complexity index is 1360. The third kappa shape index (κ3) is 4.50. The maximum absolute atomic E-state index is 13.1. The van der Waals surface area contributed by atoms with Crippen molar-refractivity contribution in [1.82, 2.24) is 14.8 Å². The minimum Gasteiger partial charge on any atom is -0.490 e. The summed E-state index contributed by atoms with van der Waals surface area (Å²) in [6.45, 7) is 2.72. The summed E-state index contributed by atoms with van der Waals surface area (Å²) in [5.74, 6) is 0.0871. The van der Waals surface area contributed by atoms with Crippen molar-refractivity contribution in [1.29, 1.82) is 0 Å². The zero-order valence-corrected chi connectivity index (χ0v) is 19.7. The Morgan fingerprint density at radius 1 is 1.14 bits per heavy atom. The molecule has 0 spiro atoms. The molecule has 9 heteroatoms. The number of hydrogen-bond donors (Lipinski definition) is 2. The Morgan fingerprint density at radius 2 is 2.00 bits per heavy atom. The predicted molar refractivity (Wildman–Crippen MR) is 134 cm³/mol. The first-order chi connectivity index (χ1) is 16.9. The Hall–Kier alpha value is -4.11. The lowest BCUT2D eigenvalue weighted by Crippen LogP contribution is -2.37. The summed E-state index contributed by atoms with van der Waals surface area (Å²) in [5, 5.41) is 6.68. The van der Waals surface area contributed by atoms with Gasteiger partial charge in [0.25, 0.3) is 17.7 Å². The second-order valence-electron chi connectivity index (χ2n) is 8.85. The summed E-state index contributed by atoms with van der Waals surface area (Å²) in [5.41, 5.74) is 3.12. The molecule has 3 heterocycles. The molecule has 0 radical (unpaired) electrons. The van der Waals surface area contributed by atoms with Crippen LogP contribution in [0.15, 0.2) is 54.6 Å². The number of likely N-dealkylation sites (N-methyl/N-ethyl adjacent to an activating group) is 1. The first-order valence-electron chi connectivity index (χ1n) is 11.5. The van der Waals surface area contributed by atoms with Crippen LogP contribution in [0.25, 0.3) is 10.9 Å². The van der Waals surface area contributed by atoms with E-state index in [1.807, 2.05) is 41.8 Å². The molecule has 2 N–H and O–H groups in total. The van der Waals surface area contributed by atoms with E-state index in [0.29, 0.717) is 61.2 Å². The average molecular weight is 474 g/mol. The van der Waals surface area contributed by atoms with Crippen LogP contribution < -0.4 is 20.3 Å². The molecule has 9 nitrogen and oxygen atoms in total. The number of ether oxygens (including phenoxy) is 1. The number of amides is 3. The number of aromatic nitrogens is 1. The molecular formula is C26H27N5O4. The maximum atomic E-state index is 13.1. The molecule has 0 atom stereocenters. The number of fused-ring (bicyclic) bond motifs is 4. The van der Waals surface area contributed by atoms with Gasteiger partial charge in [-0.05, 0) is 50.5 Å². The van der Waals surface area contributed by atoms with Crippen LogP contribution in [-0.2, 0) is 11.3 Å². The average Bonchev–Trinajstić information content (AvgIpc) is 3.22. The van der Waals surface area contributed by atoms with E-state index in [9.17, 15) is 14.4 Å². The lowest BCUT2D eigenvalue weighted by atomic mass is 10.1. The van der Waals surface area contributed by atoms with Crippen LogP contribution in [0.5, 0.6) is 5.75 Å². The topological polar surface area (TPSA) is 95.9 Å². The van der Waals surface area contributed by atoms with Gasteiger partial charge in [-0.15, -0.1) is 0 Å². The minimum absolute atomic E-state index is 0.106. The molecule has 0 unspecified atom stereocenters. The Kier molecular flexibility index (Phi) is 6.00. The molecule has 0 bridgehead atoms. The number of carbonyl (C=O) groups is 3. The summed E-state index contributed by atoms with van der Waals surface area (Å²) in [7, 11) is 3.88. The highest BCUT2D eigenvalue weighted by Crippen LogP contribution is 2.34. The monoisotopic (exact) mass is 473 g/mol. The zero-order chi connectivity index (χ0) is 24.5. The van der Waals surface area contributed by atoms with E-state index in [2.05, 4.69) is 10.6 Å². The fraction of sp³-hybridized carbons (Fsp3) is 0.269. The van der Waals surface area contributed by atoms with Crippen molar-refractivity contribution >= 4 is 40.0 Å². The maximum Gasteiger partial charge on any atom is 0.268 e. The molecular weight excluding hydrogens is 446 g/mol. The first kappa shape index (κ1) is 22.7. The van der Waals surface area contributed by atoms with Gasteiger partial charge in [-0.3, -0.25) is 14.4 Å². The third-order valence-corrected chi connectivity index (χ3v) is 6.10. The highest BCUT2D eigenvalue weighted by molar-refractivity contribution is 6.08. The van der Waals surface area contributed by atoms with Crippen molar-refractivity contribution in [2.24, 2.45) is 0 Å². The standard InChI is InChI=1S/C26H27N5O4/c1-29(2)10-3-4-24(32)31-12-13-35-23-8-7-19(16-21(23)31)28-25(33)18-6-5-17-14-22-26(34)27-9-11-30(22)20(17)15-18/h3-8,14-16H,9-13H2,1-2H3,(H,27,34)(H,28,33)/b4-3+.